The SMILES string of the molecule is C=CCn1c(=O)n(C)c(=O)c2cc(C=O)[nH]c21. The second kappa shape index (κ2) is 3.89. The first-order valence-corrected chi connectivity index (χ1v) is 4.98. The van der Waals surface area contributed by atoms with Crippen molar-refractivity contribution in [3.05, 3.63) is 45.3 Å². The van der Waals surface area contributed by atoms with E-state index in [-0.39, 0.29) is 12.2 Å². The lowest BCUT2D eigenvalue weighted by atomic mass is 10.3. The number of carbonyl (C=O) groups excluding carboxylic acids is 1. The molecule has 0 saturated heterocycles. The maximum absolute atomic E-state index is 11.9. The molecule has 2 aromatic heterocycles. The Labute approximate surface area is 95.8 Å². The molecular formula is C11H11N3O3. The number of aldehydes is 1. The standard InChI is InChI=1S/C11H11N3O3/c1-3-4-14-9-8(5-7(6-15)12-9)10(16)13(2)11(14)17/h3,5-6,12H,1,4H2,2H3. The van der Waals surface area contributed by atoms with E-state index in [4.69, 9.17) is 0 Å². The third kappa shape index (κ3) is 1.54. The average Bonchev–Trinajstić information content (AvgIpc) is 2.76. The smallest absolute Gasteiger partial charge is 0.332 e. The minimum absolute atomic E-state index is 0.264. The first kappa shape index (κ1) is 11.1. The molecule has 2 rings (SSSR count). The molecule has 6 heteroatoms. The Morgan fingerprint density at radius 1 is 1.47 bits per heavy atom. The normalized spacial score (nSPS) is 10.6. The van der Waals surface area contributed by atoms with E-state index in [1.807, 2.05) is 0 Å². The van der Waals surface area contributed by atoms with Crippen molar-refractivity contribution in [2.24, 2.45) is 7.05 Å². The van der Waals surface area contributed by atoms with Gasteiger partial charge in [0.25, 0.3) is 5.56 Å². The van der Waals surface area contributed by atoms with Gasteiger partial charge in [-0.05, 0) is 6.07 Å². The predicted molar refractivity (Wildman–Crippen MR) is 63.4 cm³/mol. The fourth-order valence-corrected chi connectivity index (χ4v) is 1.75. The van der Waals surface area contributed by atoms with Crippen molar-refractivity contribution >= 4 is 17.3 Å². The molecule has 2 aromatic rings. The van der Waals surface area contributed by atoms with Gasteiger partial charge in [-0.1, -0.05) is 6.08 Å². The Balaban J connectivity index is 3.00. The van der Waals surface area contributed by atoms with Crippen LogP contribution in [-0.4, -0.2) is 20.4 Å². The van der Waals surface area contributed by atoms with Crippen LogP contribution in [0, 0.1) is 0 Å². The van der Waals surface area contributed by atoms with Crippen LogP contribution in [0.25, 0.3) is 11.0 Å². The first-order valence-electron chi connectivity index (χ1n) is 4.98. The summed E-state index contributed by atoms with van der Waals surface area (Å²) in [5.74, 6) is 0. The van der Waals surface area contributed by atoms with Crippen LogP contribution in [0.2, 0.25) is 0 Å². The molecule has 0 aromatic carbocycles. The quantitative estimate of drug-likeness (QED) is 0.600. The molecule has 0 atom stereocenters. The molecule has 0 unspecified atom stereocenters. The highest BCUT2D eigenvalue weighted by Gasteiger charge is 2.12. The van der Waals surface area contributed by atoms with Gasteiger partial charge in [-0.2, -0.15) is 0 Å². The molecule has 6 nitrogen and oxygen atoms in total. The van der Waals surface area contributed by atoms with Gasteiger partial charge in [-0.25, -0.2) is 4.79 Å². The Bertz CT molecular complexity index is 718. The third-order valence-corrected chi connectivity index (χ3v) is 2.58. The number of allylic oxidation sites excluding steroid dienone is 1. The molecule has 0 fully saturated rings. The number of H-pyrrole nitrogens is 1. The maximum atomic E-state index is 11.9. The van der Waals surface area contributed by atoms with Gasteiger partial charge in [0.05, 0.1) is 11.1 Å². The van der Waals surface area contributed by atoms with E-state index in [2.05, 4.69) is 11.6 Å². The molecule has 0 bridgehead atoms. The van der Waals surface area contributed by atoms with E-state index < -0.39 is 11.2 Å². The maximum Gasteiger partial charge on any atom is 0.332 e. The molecule has 0 spiro atoms. The minimum atomic E-state index is -0.443. The van der Waals surface area contributed by atoms with Crippen LogP contribution in [0.4, 0.5) is 0 Å². The van der Waals surface area contributed by atoms with Gasteiger partial charge in [-0.3, -0.25) is 18.7 Å². The van der Waals surface area contributed by atoms with Crippen molar-refractivity contribution in [2.45, 2.75) is 6.54 Å². The van der Waals surface area contributed by atoms with Crippen molar-refractivity contribution in [3.8, 4) is 0 Å². The summed E-state index contributed by atoms with van der Waals surface area (Å²) in [6.07, 6.45) is 2.15. The highest BCUT2D eigenvalue weighted by atomic mass is 16.2. The zero-order valence-corrected chi connectivity index (χ0v) is 9.27. The predicted octanol–water partition coefficient (Wildman–Crippen LogP) is 0.0268. The fourth-order valence-electron chi connectivity index (χ4n) is 1.75. The van der Waals surface area contributed by atoms with Gasteiger partial charge in [0.2, 0.25) is 0 Å². The Morgan fingerprint density at radius 3 is 2.76 bits per heavy atom. The number of nitrogens with one attached hydrogen (secondary N) is 1. The monoisotopic (exact) mass is 233 g/mol. The number of fused-ring (bicyclic) bond motifs is 1. The lowest BCUT2D eigenvalue weighted by molar-refractivity contribution is 0.111. The fraction of sp³-hybridized carbons (Fsp3) is 0.182. The van der Waals surface area contributed by atoms with Crippen LogP contribution in [0.5, 0.6) is 0 Å². The zero-order chi connectivity index (χ0) is 12.6. The largest absolute Gasteiger partial charge is 0.338 e. The van der Waals surface area contributed by atoms with E-state index in [1.165, 1.54) is 17.7 Å². The van der Waals surface area contributed by atoms with Crippen LogP contribution in [0.1, 0.15) is 10.5 Å². The molecule has 17 heavy (non-hydrogen) atoms. The molecule has 0 aliphatic rings. The van der Waals surface area contributed by atoms with E-state index in [0.29, 0.717) is 17.3 Å². The van der Waals surface area contributed by atoms with E-state index in [1.54, 1.807) is 6.08 Å². The molecule has 0 saturated carbocycles. The summed E-state index contributed by atoms with van der Waals surface area (Å²) in [6, 6.07) is 1.43. The molecule has 0 radical (unpaired) electrons. The molecule has 0 aliphatic heterocycles. The van der Waals surface area contributed by atoms with Gasteiger partial charge in [-0.15, -0.1) is 6.58 Å². The summed E-state index contributed by atoms with van der Waals surface area (Å²) in [5, 5.41) is 0.316. The topological polar surface area (TPSA) is 76.9 Å². The minimum Gasteiger partial charge on any atom is -0.338 e. The van der Waals surface area contributed by atoms with Gasteiger partial charge >= 0.3 is 5.69 Å². The third-order valence-electron chi connectivity index (χ3n) is 2.58. The second-order valence-electron chi connectivity index (χ2n) is 3.65. The Morgan fingerprint density at radius 2 is 2.18 bits per heavy atom. The lowest BCUT2D eigenvalue weighted by Crippen LogP contribution is -2.37. The van der Waals surface area contributed by atoms with E-state index in [0.717, 1.165) is 4.57 Å². The average molecular weight is 233 g/mol. The van der Waals surface area contributed by atoms with Crippen molar-refractivity contribution in [1.82, 2.24) is 14.1 Å². The summed E-state index contributed by atoms with van der Waals surface area (Å²) in [6.45, 7) is 3.82. The second-order valence-corrected chi connectivity index (χ2v) is 3.65. The van der Waals surface area contributed by atoms with Crippen LogP contribution < -0.4 is 11.2 Å². The summed E-state index contributed by atoms with van der Waals surface area (Å²) < 4.78 is 2.37. The summed E-state index contributed by atoms with van der Waals surface area (Å²) in [7, 11) is 1.40. The summed E-state index contributed by atoms with van der Waals surface area (Å²) in [4.78, 5) is 37.1. The molecular weight excluding hydrogens is 222 g/mol. The first-order chi connectivity index (χ1) is 8.10. The molecule has 0 aliphatic carbocycles. The van der Waals surface area contributed by atoms with Crippen LogP contribution in [0.3, 0.4) is 0 Å². The van der Waals surface area contributed by atoms with Gasteiger partial charge in [0.15, 0.2) is 6.29 Å². The van der Waals surface area contributed by atoms with Crippen molar-refractivity contribution in [1.29, 1.82) is 0 Å². The highest BCUT2D eigenvalue weighted by molar-refractivity contribution is 5.85. The van der Waals surface area contributed by atoms with Gasteiger partial charge in [0, 0.05) is 13.6 Å². The lowest BCUT2D eigenvalue weighted by Gasteiger charge is -2.06. The summed E-state index contributed by atoms with van der Waals surface area (Å²) >= 11 is 0. The van der Waals surface area contributed by atoms with Gasteiger partial charge in [0.1, 0.15) is 5.65 Å². The molecule has 88 valence electrons. The number of rotatable bonds is 3. The highest BCUT2D eigenvalue weighted by Crippen LogP contribution is 2.08. The van der Waals surface area contributed by atoms with Crippen molar-refractivity contribution in [2.75, 3.05) is 0 Å². The number of aromatic amines is 1. The van der Waals surface area contributed by atoms with Crippen LogP contribution in [-0.2, 0) is 13.6 Å². The molecule has 2 heterocycles. The Kier molecular flexibility index (Phi) is 2.55. The number of carbonyl (C=O) groups is 1. The number of nitrogens with zero attached hydrogens (tertiary/aromatic N) is 2. The summed E-state index contributed by atoms with van der Waals surface area (Å²) in [5.41, 5.74) is -0.253. The van der Waals surface area contributed by atoms with Crippen LogP contribution >= 0.6 is 0 Å². The van der Waals surface area contributed by atoms with Crippen LogP contribution in [0.15, 0.2) is 28.3 Å². The number of hydrogen-bond acceptors (Lipinski definition) is 3. The van der Waals surface area contributed by atoms with E-state index in [9.17, 15) is 14.4 Å². The molecule has 0 amide bonds. The molecule has 1 N–H and O–H groups in total. The van der Waals surface area contributed by atoms with E-state index >= 15 is 0 Å². The number of aromatic nitrogens is 3. The zero-order valence-electron chi connectivity index (χ0n) is 9.27. The van der Waals surface area contributed by atoms with Crippen molar-refractivity contribution in [3.63, 3.8) is 0 Å². The van der Waals surface area contributed by atoms with Gasteiger partial charge < -0.3 is 4.98 Å². The Hall–Kier alpha value is -2.37. The van der Waals surface area contributed by atoms with Crippen molar-refractivity contribution < 1.29 is 4.79 Å². The number of hydrogen-bond donors (Lipinski definition) is 1.